The molecule has 152 valence electrons. The number of hydrogen-bond acceptors (Lipinski definition) is 4. The number of anilines is 1. The normalized spacial score (nSPS) is 10.1. The lowest BCUT2D eigenvalue weighted by Gasteiger charge is -2.11. The predicted octanol–water partition coefficient (Wildman–Crippen LogP) is 3.34. The molecule has 0 spiro atoms. The smallest absolute Gasteiger partial charge is 0.340 e. The van der Waals surface area contributed by atoms with Gasteiger partial charge in [-0.05, 0) is 23.3 Å². The first kappa shape index (κ1) is 20.8. The minimum Gasteiger partial charge on any atom is -0.452 e. The second-order valence-corrected chi connectivity index (χ2v) is 6.59. The maximum Gasteiger partial charge on any atom is 0.340 e. The van der Waals surface area contributed by atoms with Gasteiger partial charge in [-0.25, -0.2) is 4.79 Å². The van der Waals surface area contributed by atoms with E-state index < -0.39 is 18.5 Å². The maximum atomic E-state index is 12.4. The fourth-order valence-electron chi connectivity index (χ4n) is 2.80. The summed E-state index contributed by atoms with van der Waals surface area (Å²) in [6.45, 7) is -0.0542. The molecule has 0 fully saturated rings. The molecule has 6 nitrogen and oxygen atoms in total. The fourth-order valence-corrected chi connectivity index (χ4v) is 2.80. The number of para-hydroxylation sites is 1. The van der Waals surface area contributed by atoms with Crippen LogP contribution in [0.2, 0.25) is 0 Å². The number of carbonyl (C=O) groups excluding carboxylic acids is 3. The fraction of sp³-hybridized carbons (Fsp3) is 0.125. The van der Waals surface area contributed by atoms with Crippen molar-refractivity contribution in [2.75, 3.05) is 11.9 Å². The van der Waals surface area contributed by atoms with Gasteiger partial charge in [0.25, 0.3) is 5.91 Å². The number of hydrogen-bond donors (Lipinski definition) is 2. The topological polar surface area (TPSA) is 84.5 Å². The predicted molar refractivity (Wildman–Crippen MR) is 114 cm³/mol. The van der Waals surface area contributed by atoms with Gasteiger partial charge < -0.3 is 15.4 Å². The SMILES string of the molecule is O=C(COC(=O)c1ccccc1NC(=O)Cc1ccccc1)NCc1ccccc1. The zero-order valence-electron chi connectivity index (χ0n) is 16.3. The van der Waals surface area contributed by atoms with E-state index in [0.717, 1.165) is 11.1 Å². The molecule has 2 N–H and O–H groups in total. The van der Waals surface area contributed by atoms with Crippen molar-refractivity contribution in [1.82, 2.24) is 5.32 Å². The third-order valence-corrected chi connectivity index (χ3v) is 4.30. The van der Waals surface area contributed by atoms with Crippen LogP contribution in [0.25, 0.3) is 0 Å². The molecule has 0 aromatic heterocycles. The van der Waals surface area contributed by atoms with Crippen molar-refractivity contribution in [2.45, 2.75) is 13.0 Å². The molecule has 3 aromatic rings. The molecule has 0 heterocycles. The molecule has 30 heavy (non-hydrogen) atoms. The first-order valence-corrected chi connectivity index (χ1v) is 9.52. The summed E-state index contributed by atoms with van der Waals surface area (Å²) in [7, 11) is 0. The van der Waals surface area contributed by atoms with Crippen LogP contribution in [0.3, 0.4) is 0 Å². The zero-order chi connectivity index (χ0) is 21.2. The van der Waals surface area contributed by atoms with Crippen LogP contribution in [0.15, 0.2) is 84.9 Å². The Morgan fingerprint density at radius 2 is 1.30 bits per heavy atom. The molecule has 0 aliphatic rings. The number of benzene rings is 3. The van der Waals surface area contributed by atoms with E-state index in [1.54, 1.807) is 24.3 Å². The van der Waals surface area contributed by atoms with Crippen molar-refractivity contribution in [1.29, 1.82) is 0 Å². The van der Waals surface area contributed by atoms with Crippen LogP contribution in [0.5, 0.6) is 0 Å². The second kappa shape index (κ2) is 10.6. The van der Waals surface area contributed by atoms with Gasteiger partial charge in [0.15, 0.2) is 6.61 Å². The van der Waals surface area contributed by atoms with Gasteiger partial charge in [-0.3, -0.25) is 9.59 Å². The number of esters is 1. The number of carbonyl (C=O) groups is 3. The number of amides is 2. The van der Waals surface area contributed by atoms with Crippen LogP contribution in [-0.4, -0.2) is 24.4 Å². The lowest BCUT2D eigenvalue weighted by atomic mass is 10.1. The van der Waals surface area contributed by atoms with Gasteiger partial charge in [0.05, 0.1) is 17.7 Å². The minimum atomic E-state index is -0.680. The van der Waals surface area contributed by atoms with Gasteiger partial charge in [0.2, 0.25) is 5.91 Å². The quantitative estimate of drug-likeness (QED) is 0.566. The molecule has 0 atom stereocenters. The van der Waals surface area contributed by atoms with Crippen LogP contribution in [0.4, 0.5) is 5.69 Å². The van der Waals surface area contributed by atoms with Gasteiger partial charge in [0, 0.05) is 6.54 Å². The highest BCUT2D eigenvalue weighted by atomic mass is 16.5. The average Bonchev–Trinajstić information content (AvgIpc) is 2.77. The summed E-state index contributed by atoms with van der Waals surface area (Å²) in [6, 6.07) is 25.3. The molecule has 0 saturated heterocycles. The third kappa shape index (κ3) is 6.31. The second-order valence-electron chi connectivity index (χ2n) is 6.59. The van der Waals surface area contributed by atoms with E-state index in [1.807, 2.05) is 60.7 Å². The Morgan fingerprint density at radius 3 is 2.00 bits per heavy atom. The highest BCUT2D eigenvalue weighted by Gasteiger charge is 2.16. The van der Waals surface area contributed by atoms with Crippen molar-refractivity contribution in [3.63, 3.8) is 0 Å². The molecule has 3 rings (SSSR count). The highest BCUT2D eigenvalue weighted by Crippen LogP contribution is 2.17. The van der Waals surface area contributed by atoms with Crippen LogP contribution in [0.1, 0.15) is 21.5 Å². The highest BCUT2D eigenvalue weighted by molar-refractivity contribution is 6.02. The van der Waals surface area contributed by atoms with Crippen LogP contribution >= 0.6 is 0 Å². The van der Waals surface area contributed by atoms with Crippen molar-refractivity contribution in [3.8, 4) is 0 Å². The first-order valence-electron chi connectivity index (χ1n) is 9.52. The van der Waals surface area contributed by atoms with Crippen LogP contribution in [-0.2, 0) is 27.3 Å². The minimum absolute atomic E-state index is 0.187. The summed E-state index contributed by atoms with van der Waals surface area (Å²) in [5, 5.41) is 5.43. The van der Waals surface area contributed by atoms with Gasteiger partial charge in [-0.1, -0.05) is 72.8 Å². The molecule has 0 aliphatic carbocycles. The lowest BCUT2D eigenvalue weighted by Crippen LogP contribution is -2.28. The molecule has 0 aliphatic heterocycles. The summed E-state index contributed by atoms with van der Waals surface area (Å²) in [4.78, 5) is 36.7. The van der Waals surface area contributed by atoms with Crippen molar-refractivity contribution in [2.24, 2.45) is 0 Å². The molecule has 2 amide bonds. The average molecular weight is 402 g/mol. The number of ether oxygens (including phenoxy) is 1. The van der Waals surface area contributed by atoms with E-state index in [9.17, 15) is 14.4 Å². The zero-order valence-corrected chi connectivity index (χ0v) is 16.3. The van der Waals surface area contributed by atoms with Gasteiger partial charge in [0.1, 0.15) is 0 Å². The summed E-state index contributed by atoms with van der Waals surface area (Å²) in [5.41, 5.74) is 2.34. The Kier molecular flexibility index (Phi) is 7.33. The van der Waals surface area contributed by atoms with Crippen molar-refractivity contribution >= 4 is 23.5 Å². The lowest BCUT2D eigenvalue weighted by molar-refractivity contribution is -0.124. The standard InChI is InChI=1S/C24H22N2O4/c27-22(15-18-9-3-1-4-10-18)26-21-14-8-7-13-20(21)24(29)30-17-23(28)25-16-19-11-5-2-6-12-19/h1-14H,15-17H2,(H,25,28)(H,26,27). The Balaban J connectivity index is 1.53. The van der Waals surface area contributed by atoms with E-state index in [-0.39, 0.29) is 17.9 Å². The molecular weight excluding hydrogens is 380 g/mol. The van der Waals surface area contributed by atoms with Crippen molar-refractivity contribution < 1.29 is 19.1 Å². The molecule has 0 unspecified atom stereocenters. The maximum absolute atomic E-state index is 12.4. The van der Waals surface area contributed by atoms with Crippen LogP contribution in [0, 0.1) is 0 Å². The summed E-state index contributed by atoms with van der Waals surface area (Å²) in [5.74, 6) is -1.33. The Hall–Kier alpha value is -3.93. The molecular formula is C24H22N2O4. The Morgan fingerprint density at radius 1 is 0.700 bits per heavy atom. The largest absolute Gasteiger partial charge is 0.452 e. The summed E-state index contributed by atoms with van der Waals surface area (Å²) < 4.78 is 5.12. The molecule has 0 radical (unpaired) electrons. The Labute approximate surface area is 174 Å². The van der Waals surface area contributed by atoms with Crippen LogP contribution < -0.4 is 10.6 Å². The number of nitrogens with one attached hydrogen (secondary N) is 2. The van der Waals surface area contributed by atoms with E-state index in [4.69, 9.17) is 4.74 Å². The summed E-state index contributed by atoms with van der Waals surface area (Å²) >= 11 is 0. The third-order valence-electron chi connectivity index (χ3n) is 4.30. The van der Waals surface area contributed by atoms with Gasteiger partial charge >= 0.3 is 5.97 Å². The van der Waals surface area contributed by atoms with E-state index in [2.05, 4.69) is 10.6 Å². The molecule has 6 heteroatoms. The number of rotatable bonds is 8. The van der Waals surface area contributed by atoms with Gasteiger partial charge in [-0.2, -0.15) is 0 Å². The van der Waals surface area contributed by atoms with Crippen molar-refractivity contribution in [3.05, 3.63) is 102 Å². The van der Waals surface area contributed by atoms with E-state index in [1.165, 1.54) is 0 Å². The van der Waals surface area contributed by atoms with Gasteiger partial charge in [-0.15, -0.1) is 0 Å². The summed E-state index contributed by atoms with van der Waals surface area (Å²) in [6.07, 6.45) is 0.187. The molecule has 0 bridgehead atoms. The molecule has 0 saturated carbocycles. The Bertz CT molecular complexity index is 1000. The monoisotopic (exact) mass is 402 g/mol. The molecule has 3 aromatic carbocycles. The van der Waals surface area contributed by atoms with E-state index in [0.29, 0.717) is 12.2 Å². The first-order chi connectivity index (χ1) is 14.6. The van der Waals surface area contributed by atoms with E-state index >= 15 is 0 Å².